The number of ether oxygens (including phenoxy) is 1. The van der Waals surface area contributed by atoms with Crippen LogP contribution >= 0.6 is 0 Å². The smallest absolute Gasteiger partial charge is 0.209 e. The van der Waals surface area contributed by atoms with Crippen molar-refractivity contribution in [2.24, 2.45) is 0 Å². The van der Waals surface area contributed by atoms with E-state index in [4.69, 9.17) is 9.57 Å². The van der Waals surface area contributed by atoms with Crippen LogP contribution in [0.15, 0.2) is 12.0 Å². The topological polar surface area (TPSA) is 30.5 Å². The summed E-state index contributed by atoms with van der Waals surface area (Å²) in [6.07, 6.45) is 1.91. The molecule has 0 bridgehead atoms. The van der Waals surface area contributed by atoms with Crippen LogP contribution < -0.4 is 5.48 Å². The van der Waals surface area contributed by atoms with Crippen molar-refractivity contribution >= 4 is 0 Å². The molecule has 0 spiro atoms. The molecule has 0 amide bonds. The molecule has 1 aliphatic rings. The molecule has 0 aromatic carbocycles. The van der Waals surface area contributed by atoms with Crippen LogP contribution in [0.1, 0.15) is 20.8 Å². The van der Waals surface area contributed by atoms with E-state index >= 15 is 0 Å². The summed E-state index contributed by atoms with van der Waals surface area (Å²) in [5, 5.41) is 0. The largest absolute Gasteiger partial charge is 0.478 e. The second-order valence-corrected chi connectivity index (χ2v) is 2.75. The average Bonchev–Trinajstić information content (AvgIpc) is 2.12. The first kappa shape index (κ1) is 7.41. The second kappa shape index (κ2) is 2.50. The summed E-state index contributed by atoms with van der Waals surface area (Å²) in [4.78, 5) is 5.14. The van der Waals surface area contributed by atoms with Gasteiger partial charge in [0.15, 0.2) is 0 Å². The Kier molecular flexibility index (Phi) is 1.85. The summed E-state index contributed by atoms with van der Waals surface area (Å²) < 4.78 is 5.16. The minimum absolute atomic E-state index is 0.232. The molecule has 0 unspecified atom stereocenters. The lowest BCUT2D eigenvalue weighted by atomic mass is 10.1. The fourth-order valence-corrected chi connectivity index (χ4v) is 0.783. The molecule has 0 aliphatic carbocycles. The highest BCUT2D eigenvalue weighted by atomic mass is 16.7. The first-order chi connectivity index (χ1) is 4.64. The van der Waals surface area contributed by atoms with Gasteiger partial charge >= 0.3 is 0 Å². The van der Waals surface area contributed by atoms with Crippen molar-refractivity contribution in [3.05, 3.63) is 12.0 Å². The van der Waals surface area contributed by atoms with Crippen molar-refractivity contribution in [1.29, 1.82) is 0 Å². The molecule has 0 saturated heterocycles. The summed E-state index contributed by atoms with van der Waals surface area (Å²) in [6.45, 7) is 6.53. The zero-order valence-electron chi connectivity index (χ0n) is 6.60. The molecule has 1 N–H and O–H groups in total. The van der Waals surface area contributed by atoms with Crippen LogP contribution in [-0.2, 0) is 9.57 Å². The summed E-state index contributed by atoms with van der Waals surface area (Å²) in [5.41, 5.74) is 2.46. The highest BCUT2D eigenvalue weighted by Crippen LogP contribution is 2.18. The van der Waals surface area contributed by atoms with E-state index in [1.54, 1.807) is 0 Å². The van der Waals surface area contributed by atoms with Crippen LogP contribution in [0.3, 0.4) is 0 Å². The lowest BCUT2D eigenvalue weighted by Crippen LogP contribution is -2.21. The van der Waals surface area contributed by atoms with Crippen molar-refractivity contribution in [1.82, 2.24) is 5.48 Å². The van der Waals surface area contributed by atoms with Gasteiger partial charge in [-0.2, -0.15) is 0 Å². The van der Waals surface area contributed by atoms with Gasteiger partial charge in [-0.05, 0) is 20.8 Å². The fourth-order valence-electron chi connectivity index (χ4n) is 0.783. The molecular weight excluding hydrogens is 130 g/mol. The molecule has 10 heavy (non-hydrogen) atoms. The van der Waals surface area contributed by atoms with Gasteiger partial charge in [0.05, 0.1) is 6.61 Å². The average molecular weight is 143 g/mol. The molecule has 0 atom stereocenters. The van der Waals surface area contributed by atoms with Gasteiger partial charge in [0, 0.05) is 6.08 Å². The second-order valence-electron chi connectivity index (χ2n) is 2.75. The Hall–Kier alpha value is -0.700. The fraction of sp³-hybridized carbons (Fsp3) is 0.714. The zero-order chi connectivity index (χ0) is 7.61. The molecule has 0 aromatic rings. The SMILES string of the molecule is CCOC1=CC(C)(C)ON1. The Labute approximate surface area is 61.0 Å². The van der Waals surface area contributed by atoms with Crippen molar-refractivity contribution < 1.29 is 9.57 Å². The lowest BCUT2D eigenvalue weighted by Gasteiger charge is -2.10. The highest BCUT2D eigenvalue weighted by molar-refractivity contribution is 5.05. The number of nitrogens with one attached hydrogen (secondary N) is 1. The number of hydroxylamine groups is 1. The number of hydrogen-bond acceptors (Lipinski definition) is 3. The van der Waals surface area contributed by atoms with Crippen molar-refractivity contribution in [2.75, 3.05) is 6.61 Å². The predicted octanol–water partition coefficient (Wildman–Crippen LogP) is 1.18. The first-order valence-corrected chi connectivity index (χ1v) is 3.44. The van der Waals surface area contributed by atoms with Crippen LogP contribution in [0.25, 0.3) is 0 Å². The Morgan fingerprint density at radius 1 is 1.70 bits per heavy atom. The molecular formula is C7H13NO2. The van der Waals surface area contributed by atoms with Gasteiger partial charge in [-0.15, -0.1) is 0 Å². The van der Waals surface area contributed by atoms with Gasteiger partial charge in [0.1, 0.15) is 5.60 Å². The van der Waals surface area contributed by atoms with E-state index in [0.717, 1.165) is 0 Å². The standard InChI is InChI=1S/C7H13NO2/c1-4-9-6-5-7(2,3)10-8-6/h5,8H,4H2,1-3H3. The monoisotopic (exact) mass is 143 g/mol. The van der Waals surface area contributed by atoms with Crippen molar-refractivity contribution in [3.63, 3.8) is 0 Å². The summed E-state index contributed by atoms with van der Waals surface area (Å²) >= 11 is 0. The highest BCUT2D eigenvalue weighted by Gasteiger charge is 2.24. The Morgan fingerprint density at radius 2 is 2.40 bits per heavy atom. The molecule has 0 aromatic heterocycles. The van der Waals surface area contributed by atoms with Crippen LogP contribution in [0, 0.1) is 0 Å². The number of rotatable bonds is 2. The quantitative estimate of drug-likeness (QED) is 0.629. The normalized spacial score (nSPS) is 21.7. The van der Waals surface area contributed by atoms with E-state index in [0.29, 0.717) is 12.5 Å². The molecule has 1 heterocycles. The van der Waals surface area contributed by atoms with E-state index < -0.39 is 0 Å². The van der Waals surface area contributed by atoms with Crippen LogP contribution in [0.5, 0.6) is 0 Å². The van der Waals surface area contributed by atoms with Gasteiger partial charge in [-0.3, -0.25) is 4.84 Å². The lowest BCUT2D eigenvalue weighted by molar-refractivity contribution is -0.0327. The third kappa shape index (κ3) is 1.64. The predicted molar refractivity (Wildman–Crippen MR) is 38.0 cm³/mol. The van der Waals surface area contributed by atoms with E-state index in [-0.39, 0.29) is 5.60 Å². The van der Waals surface area contributed by atoms with Crippen molar-refractivity contribution in [2.45, 2.75) is 26.4 Å². The Bertz CT molecular complexity index is 152. The summed E-state index contributed by atoms with van der Waals surface area (Å²) in [7, 11) is 0. The van der Waals surface area contributed by atoms with Gasteiger partial charge in [0.2, 0.25) is 5.88 Å². The van der Waals surface area contributed by atoms with E-state index in [1.165, 1.54) is 0 Å². The summed E-state index contributed by atoms with van der Waals surface area (Å²) in [6, 6.07) is 0. The summed E-state index contributed by atoms with van der Waals surface area (Å²) in [5.74, 6) is 0.715. The minimum atomic E-state index is -0.232. The molecule has 1 aliphatic heterocycles. The maximum Gasteiger partial charge on any atom is 0.209 e. The zero-order valence-corrected chi connectivity index (χ0v) is 6.60. The molecule has 0 fully saturated rings. The molecule has 0 radical (unpaired) electrons. The van der Waals surface area contributed by atoms with E-state index in [1.807, 2.05) is 26.8 Å². The number of hydrogen-bond donors (Lipinski definition) is 1. The Balaban J connectivity index is 2.49. The van der Waals surface area contributed by atoms with Crippen LogP contribution in [-0.4, -0.2) is 12.2 Å². The molecule has 1 rings (SSSR count). The minimum Gasteiger partial charge on any atom is -0.478 e. The Morgan fingerprint density at radius 3 is 2.80 bits per heavy atom. The van der Waals surface area contributed by atoms with E-state index in [2.05, 4.69) is 5.48 Å². The van der Waals surface area contributed by atoms with Gasteiger partial charge in [-0.1, -0.05) is 0 Å². The van der Waals surface area contributed by atoms with Gasteiger partial charge < -0.3 is 4.74 Å². The molecule has 58 valence electrons. The molecule has 0 saturated carbocycles. The third-order valence-electron chi connectivity index (χ3n) is 1.19. The maximum atomic E-state index is 5.16. The van der Waals surface area contributed by atoms with Gasteiger partial charge in [0.25, 0.3) is 0 Å². The van der Waals surface area contributed by atoms with Crippen LogP contribution in [0.2, 0.25) is 0 Å². The van der Waals surface area contributed by atoms with Crippen LogP contribution in [0.4, 0.5) is 0 Å². The molecule has 3 nitrogen and oxygen atoms in total. The first-order valence-electron chi connectivity index (χ1n) is 3.44. The van der Waals surface area contributed by atoms with Crippen molar-refractivity contribution in [3.8, 4) is 0 Å². The molecule has 3 heteroatoms. The maximum absolute atomic E-state index is 5.16. The third-order valence-corrected chi connectivity index (χ3v) is 1.19. The van der Waals surface area contributed by atoms with Gasteiger partial charge in [-0.25, -0.2) is 5.48 Å². The van der Waals surface area contributed by atoms with E-state index in [9.17, 15) is 0 Å².